The number of benzene rings is 1. The second kappa shape index (κ2) is 5.14. The fourth-order valence-corrected chi connectivity index (χ4v) is 1.92. The number of ether oxygens (including phenoxy) is 1. The minimum atomic E-state index is 0.370. The largest absolute Gasteiger partial charge is 0.486 e. The molecule has 2 aromatic rings. The third-order valence-electron chi connectivity index (χ3n) is 2.19. The summed E-state index contributed by atoms with van der Waals surface area (Å²) in [6, 6.07) is 5.92. The third kappa shape index (κ3) is 3.17. The van der Waals surface area contributed by atoms with Crippen LogP contribution in [0, 0.1) is 6.92 Å². The monoisotopic (exact) mass is 293 g/mol. The van der Waals surface area contributed by atoms with E-state index in [4.69, 9.17) is 10.5 Å². The van der Waals surface area contributed by atoms with Gasteiger partial charge in [0, 0.05) is 0 Å². The number of aryl methyl sites for hydroxylation is 1. The lowest BCUT2D eigenvalue weighted by Crippen LogP contribution is -2.01. The summed E-state index contributed by atoms with van der Waals surface area (Å²) in [5, 5.41) is 0. The molecule has 0 spiro atoms. The minimum Gasteiger partial charge on any atom is -0.486 e. The van der Waals surface area contributed by atoms with Crippen molar-refractivity contribution in [1.29, 1.82) is 0 Å². The molecule has 1 heterocycles. The van der Waals surface area contributed by atoms with Crippen molar-refractivity contribution in [2.75, 3.05) is 5.73 Å². The van der Waals surface area contributed by atoms with Gasteiger partial charge in [-0.15, -0.1) is 0 Å². The van der Waals surface area contributed by atoms with E-state index in [0.717, 1.165) is 15.9 Å². The number of nitrogen functional groups attached to an aromatic ring is 1. The molecular formula is C12H12BrN3O. The summed E-state index contributed by atoms with van der Waals surface area (Å²) in [6.45, 7) is 2.40. The van der Waals surface area contributed by atoms with Crippen LogP contribution in [0.25, 0.3) is 0 Å². The fourth-order valence-electron chi connectivity index (χ4n) is 1.31. The molecular weight excluding hydrogens is 282 g/mol. The minimum absolute atomic E-state index is 0.370. The highest BCUT2D eigenvalue weighted by Crippen LogP contribution is 2.26. The zero-order chi connectivity index (χ0) is 12.3. The van der Waals surface area contributed by atoms with Crippen LogP contribution >= 0.6 is 15.9 Å². The molecule has 0 atom stereocenters. The summed E-state index contributed by atoms with van der Waals surface area (Å²) in [4.78, 5) is 8.06. The average Bonchev–Trinajstić information content (AvgIpc) is 2.30. The summed E-state index contributed by atoms with van der Waals surface area (Å²) in [7, 11) is 0. The molecule has 0 saturated heterocycles. The van der Waals surface area contributed by atoms with Gasteiger partial charge in [-0.3, -0.25) is 4.98 Å². The van der Waals surface area contributed by atoms with Crippen LogP contribution in [0.2, 0.25) is 0 Å². The van der Waals surface area contributed by atoms with Crippen molar-refractivity contribution in [2.24, 2.45) is 0 Å². The van der Waals surface area contributed by atoms with Gasteiger partial charge in [-0.2, -0.15) is 0 Å². The topological polar surface area (TPSA) is 61.0 Å². The van der Waals surface area contributed by atoms with E-state index < -0.39 is 0 Å². The first kappa shape index (κ1) is 11.9. The van der Waals surface area contributed by atoms with Gasteiger partial charge >= 0.3 is 0 Å². The Bertz CT molecular complexity index is 514. The molecule has 5 heteroatoms. The molecule has 0 saturated carbocycles. The van der Waals surface area contributed by atoms with Gasteiger partial charge in [0.25, 0.3) is 0 Å². The maximum absolute atomic E-state index is 5.63. The van der Waals surface area contributed by atoms with E-state index in [2.05, 4.69) is 25.9 Å². The number of halogens is 1. The molecule has 0 aliphatic heterocycles. The van der Waals surface area contributed by atoms with Crippen molar-refractivity contribution in [3.63, 3.8) is 0 Å². The fraction of sp³-hybridized carbons (Fsp3) is 0.167. The van der Waals surface area contributed by atoms with E-state index in [-0.39, 0.29) is 0 Å². The summed E-state index contributed by atoms with van der Waals surface area (Å²) in [5.74, 6) is 1.19. The van der Waals surface area contributed by atoms with Crippen LogP contribution in [-0.2, 0) is 6.61 Å². The Morgan fingerprint density at radius 3 is 2.76 bits per heavy atom. The lowest BCUT2D eigenvalue weighted by molar-refractivity contribution is 0.299. The molecule has 0 amide bonds. The zero-order valence-corrected chi connectivity index (χ0v) is 10.9. The molecule has 1 aromatic carbocycles. The summed E-state index contributed by atoms with van der Waals surface area (Å²) in [6.07, 6.45) is 3.13. The van der Waals surface area contributed by atoms with E-state index in [1.807, 2.05) is 25.1 Å². The van der Waals surface area contributed by atoms with Crippen molar-refractivity contribution in [3.05, 3.63) is 46.3 Å². The number of nitrogens with two attached hydrogens (primary N) is 1. The summed E-state index contributed by atoms with van der Waals surface area (Å²) < 4.78 is 6.56. The van der Waals surface area contributed by atoms with Gasteiger partial charge in [0.15, 0.2) is 0 Å². The summed E-state index contributed by atoms with van der Waals surface area (Å²) >= 11 is 3.45. The normalized spacial score (nSPS) is 10.2. The maximum Gasteiger partial charge on any atom is 0.141 e. The van der Waals surface area contributed by atoms with Crippen LogP contribution in [0.5, 0.6) is 5.75 Å². The smallest absolute Gasteiger partial charge is 0.141 e. The number of hydrogen-bond acceptors (Lipinski definition) is 4. The average molecular weight is 294 g/mol. The van der Waals surface area contributed by atoms with Crippen LogP contribution in [0.15, 0.2) is 35.1 Å². The van der Waals surface area contributed by atoms with Crippen molar-refractivity contribution in [1.82, 2.24) is 9.97 Å². The SMILES string of the molecule is Cc1ccc(OCc2cnc(N)cn2)c(Br)c1. The van der Waals surface area contributed by atoms with E-state index in [1.54, 1.807) is 6.20 Å². The molecule has 4 nitrogen and oxygen atoms in total. The highest BCUT2D eigenvalue weighted by Gasteiger charge is 2.02. The van der Waals surface area contributed by atoms with Gasteiger partial charge < -0.3 is 10.5 Å². The van der Waals surface area contributed by atoms with Gasteiger partial charge in [0.05, 0.1) is 22.6 Å². The second-order valence-corrected chi connectivity index (χ2v) is 4.51. The molecule has 1 aromatic heterocycles. The Kier molecular flexibility index (Phi) is 3.58. The zero-order valence-electron chi connectivity index (χ0n) is 9.35. The Labute approximate surface area is 108 Å². The van der Waals surface area contributed by atoms with Crippen LogP contribution < -0.4 is 10.5 Å². The molecule has 88 valence electrons. The van der Waals surface area contributed by atoms with Crippen LogP contribution in [-0.4, -0.2) is 9.97 Å². The Morgan fingerprint density at radius 1 is 1.29 bits per heavy atom. The first-order valence-electron chi connectivity index (χ1n) is 5.10. The molecule has 0 fully saturated rings. The second-order valence-electron chi connectivity index (χ2n) is 3.66. The molecule has 2 N–H and O–H groups in total. The Morgan fingerprint density at radius 2 is 2.12 bits per heavy atom. The van der Waals surface area contributed by atoms with E-state index in [0.29, 0.717) is 12.4 Å². The van der Waals surface area contributed by atoms with Crippen molar-refractivity contribution < 1.29 is 4.74 Å². The van der Waals surface area contributed by atoms with E-state index in [1.165, 1.54) is 11.8 Å². The number of anilines is 1. The molecule has 2 rings (SSSR count). The molecule has 0 aliphatic carbocycles. The quantitative estimate of drug-likeness (QED) is 0.945. The predicted molar refractivity (Wildman–Crippen MR) is 69.7 cm³/mol. The van der Waals surface area contributed by atoms with Crippen molar-refractivity contribution in [2.45, 2.75) is 13.5 Å². The molecule has 0 bridgehead atoms. The van der Waals surface area contributed by atoms with Crippen molar-refractivity contribution >= 4 is 21.7 Å². The van der Waals surface area contributed by atoms with Gasteiger partial charge in [-0.1, -0.05) is 6.07 Å². The van der Waals surface area contributed by atoms with Gasteiger partial charge in [0.2, 0.25) is 0 Å². The van der Waals surface area contributed by atoms with Crippen LogP contribution in [0.1, 0.15) is 11.3 Å². The highest BCUT2D eigenvalue weighted by atomic mass is 79.9. The first-order valence-corrected chi connectivity index (χ1v) is 5.90. The predicted octanol–water partition coefficient (Wildman–Crippen LogP) is 2.71. The number of rotatable bonds is 3. The van der Waals surface area contributed by atoms with Crippen molar-refractivity contribution in [3.8, 4) is 5.75 Å². The summed E-state index contributed by atoms with van der Waals surface area (Å²) in [5.41, 5.74) is 7.37. The molecule has 0 radical (unpaired) electrons. The van der Waals surface area contributed by atoms with Gasteiger partial charge in [-0.05, 0) is 40.5 Å². The molecule has 17 heavy (non-hydrogen) atoms. The third-order valence-corrected chi connectivity index (χ3v) is 2.81. The van der Waals surface area contributed by atoms with Gasteiger partial charge in [0.1, 0.15) is 18.2 Å². The molecule has 0 aliphatic rings. The van der Waals surface area contributed by atoms with E-state index in [9.17, 15) is 0 Å². The van der Waals surface area contributed by atoms with Crippen LogP contribution in [0.3, 0.4) is 0 Å². The number of hydrogen-bond donors (Lipinski definition) is 1. The lowest BCUT2D eigenvalue weighted by Gasteiger charge is -2.08. The number of aromatic nitrogens is 2. The van der Waals surface area contributed by atoms with Gasteiger partial charge in [-0.25, -0.2) is 4.98 Å². The highest BCUT2D eigenvalue weighted by molar-refractivity contribution is 9.10. The Hall–Kier alpha value is -1.62. The van der Waals surface area contributed by atoms with E-state index >= 15 is 0 Å². The molecule has 0 unspecified atom stereocenters. The Balaban J connectivity index is 2.04. The standard InChI is InChI=1S/C12H12BrN3O/c1-8-2-3-11(10(13)4-8)17-7-9-5-16-12(14)6-15-9/h2-6H,7H2,1H3,(H2,14,16). The van der Waals surface area contributed by atoms with Crippen LogP contribution in [0.4, 0.5) is 5.82 Å². The lowest BCUT2D eigenvalue weighted by atomic mass is 10.2. The first-order chi connectivity index (χ1) is 8.15. The maximum atomic E-state index is 5.63. The number of nitrogens with zero attached hydrogens (tertiary/aromatic N) is 2.